The molecule has 1 rings (SSSR count). The average Bonchev–Trinajstić information content (AvgIpc) is 2.35. The van der Waals surface area contributed by atoms with Crippen LogP contribution in [0.1, 0.15) is 13.3 Å². The van der Waals surface area contributed by atoms with Crippen molar-refractivity contribution in [1.82, 2.24) is 9.78 Å². The van der Waals surface area contributed by atoms with Crippen molar-refractivity contribution in [3.8, 4) is 12.3 Å². The molecule has 0 fully saturated rings. The second-order valence-corrected chi connectivity index (χ2v) is 4.83. The molecule has 2 N–H and O–H groups in total. The molecule has 1 heterocycles. The molecule has 98 valence electrons. The Morgan fingerprint density at radius 2 is 2.44 bits per heavy atom. The van der Waals surface area contributed by atoms with Gasteiger partial charge in [-0.25, -0.2) is 4.68 Å². The van der Waals surface area contributed by atoms with Crippen molar-refractivity contribution in [3.63, 3.8) is 0 Å². The van der Waals surface area contributed by atoms with Crippen LogP contribution in [0.25, 0.3) is 0 Å². The fourth-order valence-corrected chi connectivity index (χ4v) is 1.84. The number of nitrogens with zero attached hydrogens (tertiary/aromatic N) is 2. The predicted molar refractivity (Wildman–Crippen MR) is 74.4 cm³/mol. The maximum Gasteiger partial charge on any atom is 0.284 e. The number of hydrogen-bond donors (Lipinski definition) is 2. The highest BCUT2D eigenvalue weighted by Crippen LogP contribution is 2.16. The van der Waals surface area contributed by atoms with E-state index in [9.17, 15) is 4.79 Å². The van der Waals surface area contributed by atoms with Gasteiger partial charge in [-0.05, 0) is 28.3 Å². The van der Waals surface area contributed by atoms with E-state index < -0.39 is 0 Å². The van der Waals surface area contributed by atoms with Crippen LogP contribution >= 0.6 is 15.9 Å². The molecule has 6 heteroatoms. The number of hydrogen-bond acceptors (Lipinski definition) is 4. The number of rotatable bonds is 6. The van der Waals surface area contributed by atoms with E-state index in [1.165, 1.54) is 4.68 Å². The fourth-order valence-electron chi connectivity index (χ4n) is 1.39. The lowest BCUT2D eigenvalue weighted by atomic mass is 10.1. The number of anilines is 1. The van der Waals surface area contributed by atoms with Gasteiger partial charge in [0.05, 0.1) is 11.9 Å². The van der Waals surface area contributed by atoms with Gasteiger partial charge in [0.25, 0.3) is 5.56 Å². The fraction of sp³-hybridized carbons (Fsp3) is 0.500. The summed E-state index contributed by atoms with van der Waals surface area (Å²) in [5.41, 5.74) is 0.380. The normalized spacial score (nSPS) is 11.9. The molecule has 0 amide bonds. The van der Waals surface area contributed by atoms with E-state index in [2.05, 4.69) is 32.3 Å². The van der Waals surface area contributed by atoms with Crippen molar-refractivity contribution >= 4 is 21.6 Å². The van der Waals surface area contributed by atoms with Crippen LogP contribution in [0.15, 0.2) is 15.5 Å². The summed E-state index contributed by atoms with van der Waals surface area (Å²) >= 11 is 3.24. The monoisotopic (exact) mass is 313 g/mol. The van der Waals surface area contributed by atoms with E-state index in [0.717, 1.165) is 0 Å². The van der Waals surface area contributed by atoms with Gasteiger partial charge in [0.15, 0.2) is 0 Å². The van der Waals surface area contributed by atoms with Gasteiger partial charge in [-0.15, -0.1) is 6.42 Å². The van der Waals surface area contributed by atoms with Gasteiger partial charge in [-0.3, -0.25) is 4.79 Å². The number of halogens is 1. The summed E-state index contributed by atoms with van der Waals surface area (Å²) in [6.45, 7) is 2.99. The van der Waals surface area contributed by atoms with Gasteiger partial charge in [0.1, 0.15) is 11.0 Å². The molecule has 18 heavy (non-hydrogen) atoms. The van der Waals surface area contributed by atoms with Crippen molar-refractivity contribution < 1.29 is 5.11 Å². The third-order valence-corrected chi connectivity index (χ3v) is 3.26. The summed E-state index contributed by atoms with van der Waals surface area (Å²) in [5, 5.41) is 15.9. The first kappa shape index (κ1) is 14.7. The molecular formula is C12H16BrN3O2. The van der Waals surface area contributed by atoms with Gasteiger partial charge in [-0.1, -0.05) is 12.8 Å². The van der Waals surface area contributed by atoms with Crippen molar-refractivity contribution in [3.05, 3.63) is 21.0 Å². The number of nitrogens with one attached hydrogen (secondary N) is 1. The molecule has 0 aromatic carbocycles. The lowest BCUT2D eigenvalue weighted by Gasteiger charge is -2.13. The van der Waals surface area contributed by atoms with Crippen LogP contribution in [-0.4, -0.2) is 28.0 Å². The highest BCUT2D eigenvalue weighted by atomic mass is 79.9. The predicted octanol–water partition coefficient (Wildman–Crippen LogP) is 1.07. The molecule has 0 aliphatic carbocycles. The van der Waals surface area contributed by atoms with Crippen LogP contribution in [0, 0.1) is 18.3 Å². The Kier molecular flexibility index (Phi) is 5.89. The maximum absolute atomic E-state index is 11.8. The molecule has 1 atom stereocenters. The third-order valence-electron chi connectivity index (χ3n) is 2.49. The second kappa shape index (κ2) is 7.19. The Morgan fingerprint density at radius 1 is 1.72 bits per heavy atom. The van der Waals surface area contributed by atoms with Crippen LogP contribution in [0.2, 0.25) is 0 Å². The van der Waals surface area contributed by atoms with E-state index in [1.807, 2.05) is 6.92 Å². The average molecular weight is 314 g/mol. The molecule has 0 aliphatic rings. The number of aliphatic hydroxyl groups excluding tert-OH is 1. The molecule has 0 saturated heterocycles. The quantitative estimate of drug-likeness (QED) is 0.771. The molecule has 0 bridgehead atoms. The van der Waals surface area contributed by atoms with E-state index in [1.54, 1.807) is 6.20 Å². The van der Waals surface area contributed by atoms with Crippen molar-refractivity contribution in [2.75, 3.05) is 18.5 Å². The minimum absolute atomic E-state index is 0.151. The summed E-state index contributed by atoms with van der Waals surface area (Å²) in [7, 11) is 0. The molecule has 1 aromatic heterocycles. The maximum atomic E-state index is 11.8. The Morgan fingerprint density at radius 3 is 3.06 bits per heavy atom. The molecular weight excluding hydrogens is 298 g/mol. The van der Waals surface area contributed by atoms with E-state index in [-0.39, 0.29) is 18.7 Å². The van der Waals surface area contributed by atoms with E-state index in [0.29, 0.717) is 29.0 Å². The van der Waals surface area contributed by atoms with E-state index >= 15 is 0 Å². The zero-order valence-corrected chi connectivity index (χ0v) is 11.8. The van der Waals surface area contributed by atoms with Crippen molar-refractivity contribution in [2.24, 2.45) is 5.92 Å². The van der Waals surface area contributed by atoms with Gasteiger partial charge in [0.2, 0.25) is 0 Å². The second-order valence-electron chi connectivity index (χ2n) is 4.04. The van der Waals surface area contributed by atoms with Crippen LogP contribution < -0.4 is 10.9 Å². The van der Waals surface area contributed by atoms with Crippen LogP contribution in [0.5, 0.6) is 0 Å². The number of terminal acetylenes is 1. The van der Waals surface area contributed by atoms with Crippen molar-refractivity contribution in [2.45, 2.75) is 19.9 Å². The van der Waals surface area contributed by atoms with E-state index in [4.69, 9.17) is 11.5 Å². The molecule has 5 nitrogen and oxygen atoms in total. The number of aliphatic hydroxyl groups is 1. The van der Waals surface area contributed by atoms with Crippen LogP contribution in [0.3, 0.4) is 0 Å². The first-order valence-electron chi connectivity index (χ1n) is 5.64. The zero-order valence-electron chi connectivity index (χ0n) is 10.2. The summed E-state index contributed by atoms with van der Waals surface area (Å²) in [5.74, 6) is 2.68. The molecule has 1 aromatic rings. The van der Waals surface area contributed by atoms with Crippen molar-refractivity contribution in [1.29, 1.82) is 0 Å². The zero-order chi connectivity index (χ0) is 13.5. The summed E-state index contributed by atoms with van der Waals surface area (Å²) in [6.07, 6.45) is 7.42. The lowest BCUT2D eigenvalue weighted by molar-refractivity contribution is 0.266. The Bertz CT molecular complexity index is 493. The summed E-state index contributed by atoms with van der Waals surface area (Å²) in [6, 6.07) is 0. The van der Waals surface area contributed by atoms with Gasteiger partial charge < -0.3 is 10.4 Å². The van der Waals surface area contributed by atoms with Crippen LogP contribution in [0.4, 0.5) is 5.69 Å². The highest BCUT2D eigenvalue weighted by molar-refractivity contribution is 9.10. The molecule has 0 radical (unpaired) electrons. The smallest absolute Gasteiger partial charge is 0.284 e. The lowest BCUT2D eigenvalue weighted by Crippen LogP contribution is -2.25. The first-order valence-corrected chi connectivity index (χ1v) is 6.43. The molecule has 0 saturated carbocycles. The first-order chi connectivity index (χ1) is 8.60. The Labute approximate surface area is 114 Å². The SMILES string of the molecule is C#CCn1ncc(NCC(C)CCO)c(Br)c1=O. The van der Waals surface area contributed by atoms with Crippen LogP contribution in [-0.2, 0) is 6.54 Å². The Hall–Kier alpha value is -1.32. The molecule has 0 spiro atoms. The highest BCUT2D eigenvalue weighted by Gasteiger charge is 2.09. The van der Waals surface area contributed by atoms with Gasteiger partial charge in [0, 0.05) is 13.2 Å². The topological polar surface area (TPSA) is 67.2 Å². The summed E-state index contributed by atoms with van der Waals surface area (Å²) in [4.78, 5) is 11.8. The minimum atomic E-state index is -0.257. The van der Waals surface area contributed by atoms with Gasteiger partial charge in [-0.2, -0.15) is 5.10 Å². The Balaban J connectivity index is 2.77. The summed E-state index contributed by atoms with van der Waals surface area (Å²) < 4.78 is 1.64. The standard InChI is InChI=1S/C12H16BrN3O2/c1-3-5-16-12(18)11(13)10(8-15-16)14-7-9(2)4-6-17/h1,8-9,14,17H,4-7H2,2H3. The molecule has 1 unspecified atom stereocenters. The van der Waals surface area contributed by atoms with Gasteiger partial charge >= 0.3 is 0 Å². The third kappa shape index (κ3) is 3.86. The largest absolute Gasteiger partial charge is 0.396 e. The molecule has 0 aliphatic heterocycles. The minimum Gasteiger partial charge on any atom is -0.396 e. The number of aromatic nitrogens is 2.